The monoisotopic (exact) mass is 1790 g/mol. The predicted octanol–water partition coefficient (Wildman–Crippen LogP) is 28.8. The molecule has 6 aliphatic rings. The van der Waals surface area contributed by atoms with Crippen molar-refractivity contribution in [1.29, 1.82) is 0 Å². The Morgan fingerprint density at radius 2 is 0.798 bits per heavy atom. The molecule has 0 fully saturated rings. The van der Waals surface area contributed by atoms with Gasteiger partial charge in [-0.25, -0.2) is 0 Å². The Labute approximate surface area is 780 Å². The van der Waals surface area contributed by atoms with Gasteiger partial charge in [0, 0.05) is 142 Å². The van der Waals surface area contributed by atoms with E-state index >= 15 is 0 Å². The first-order valence-electron chi connectivity index (χ1n) is 48.5. The smallest absolute Gasteiger partial charge is 0.119 e. The average Bonchev–Trinajstić information content (AvgIpc) is 1.60. The van der Waals surface area contributed by atoms with Crippen molar-refractivity contribution in [3.05, 3.63) is 322 Å². The van der Waals surface area contributed by atoms with E-state index in [1.54, 1.807) is 0 Å². The van der Waals surface area contributed by atoms with Gasteiger partial charge in [-0.15, -0.1) is 0 Å². The van der Waals surface area contributed by atoms with E-state index in [1.807, 2.05) is 0 Å². The molecular weight excluding hydrogens is 1650 g/mol. The van der Waals surface area contributed by atoms with Gasteiger partial charge in [-0.3, -0.25) is 0 Å². The van der Waals surface area contributed by atoms with Crippen LogP contribution in [0.3, 0.4) is 0 Å². The molecule has 0 spiro atoms. The molecule has 0 aliphatic carbocycles. The van der Waals surface area contributed by atoms with E-state index in [0.717, 1.165) is 145 Å². The van der Waals surface area contributed by atoms with Crippen LogP contribution in [0.4, 0.5) is 34.1 Å². The summed E-state index contributed by atoms with van der Waals surface area (Å²) in [5.41, 5.74) is 20.4. The highest BCUT2D eigenvalue weighted by molar-refractivity contribution is 9.11. The quantitative estimate of drug-likeness (QED) is 0.0290. The molecule has 129 heavy (non-hydrogen) atoms. The lowest BCUT2D eigenvalue weighted by Crippen LogP contribution is -2.40. The Balaban J connectivity index is 0.583. The maximum absolute atomic E-state index is 9.65. The molecule has 3 atom stereocenters. The van der Waals surface area contributed by atoms with Crippen molar-refractivity contribution < 1.29 is 19.7 Å². The SMILES string of the molecule is CC(C=CC1N(CCCCCCO)c2ccccc2C1(C)C)=CC=C1N(CCCCCCOc2ccc3ccc4c(c3c2)C(C)(C)C(=CC=C(Br)C=CC2N(CCCCCCO)c3ccc5ccccc5c3C2(C)C)N4CCCCCCOc2ccc3ccc4c(c3c2)C(C)(C)C(=CC=CC=CC2N(C)c3ccc5ccccc5c3C2(C)C)N4C)c2ccccc2C1(C)C. The summed E-state index contributed by atoms with van der Waals surface area (Å²) in [4.78, 5) is 15.3. The topological polar surface area (TPSA) is 78.4 Å². The Kier molecular flexibility index (Phi) is 27.8. The highest BCUT2D eigenvalue weighted by atomic mass is 79.9. The number of aliphatic hydroxyl groups excluding tert-OH is 2. The normalized spacial score (nSPS) is 20.2. The van der Waals surface area contributed by atoms with Crippen molar-refractivity contribution in [2.75, 3.05) is 96.1 Å². The van der Waals surface area contributed by atoms with Crippen LogP contribution in [-0.2, 0) is 32.5 Å². The minimum atomic E-state index is -0.332. The van der Waals surface area contributed by atoms with Gasteiger partial charge in [0.2, 0.25) is 0 Å². The van der Waals surface area contributed by atoms with Crippen LogP contribution in [0.15, 0.2) is 288 Å². The highest BCUT2D eigenvalue weighted by Crippen LogP contribution is 2.56. The van der Waals surface area contributed by atoms with Gasteiger partial charge < -0.3 is 49.1 Å². The van der Waals surface area contributed by atoms with Crippen LogP contribution in [0, 0.1) is 0 Å². The third-order valence-electron chi connectivity index (χ3n) is 29.9. The van der Waals surface area contributed by atoms with Gasteiger partial charge in [0.1, 0.15) is 11.5 Å². The van der Waals surface area contributed by atoms with Gasteiger partial charge in [-0.2, -0.15) is 0 Å². The number of para-hydroxylation sites is 2. The maximum Gasteiger partial charge on any atom is 0.119 e. The lowest BCUT2D eigenvalue weighted by atomic mass is 9.78. The summed E-state index contributed by atoms with van der Waals surface area (Å²) in [6, 6.07) is 68.3. The zero-order valence-corrected chi connectivity index (χ0v) is 81.4. The van der Waals surface area contributed by atoms with E-state index in [0.29, 0.717) is 13.2 Å². The number of benzene rings is 10. The molecule has 0 aromatic heterocycles. The number of hydrogen-bond acceptors (Lipinski definition) is 10. The molecule has 6 aliphatic heterocycles. The summed E-state index contributed by atoms with van der Waals surface area (Å²) < 4.78 is 14.6. The summed E-state index contributed by atoms with van der Waals surface area (Å²) in [5.74, 6) is 1.85. The molecule has 10 aromatic carbocycles. The first-order valence-corrected chi connectivity index (χ1v) is 49.3. The first kappa shape index (κ1) is 92.0. The number of aliphatic hydroxyl groups is 2. The van der Waals surface area contributed by atoms with Crippen molar-refractivity contribution in [3.63, 3.8) is 0 Å². The molecule has 11 heteroatoms. The van der Waals surface area contributed by atoms with Crippen molar-refractivity contribution in [2.24, 2.45) is 0 Å². The molecule has 10 aromatic rings. The van der Waals surface area contributed by atoms with E-state index in [9.17, 15) is 10.2 Å². The van der Waals surface area contributed by atoms with Crippen LogP contribution in [0.25, 0.3) is 43.1 Å². The van der Waals surface area contributed by atoms with Crippen molar-refractivity contribution in [2.45, 2.75) is 243 Å². The van der Waals surface area contributed by atoms with E-state index in [4.69, 9.17) is 9.47 Å². The van der Waals surface area contributed by atoms with Crippen LogP contribution in [0.2, 0.25) is 0 Å². The summed E-state index contributed by atoms with van der Waals surface area (Å²) in [6.45, 7) is 36.8. The number of hydrogen-bond donors (Lipinski definition) is 2. The number of likely N-dealkylation sites (N-methyl/N-ethyl adjacent to an activating group) is 2. The molecule has 674 valence electrons. The second kappa shape index (κ2) is 39.0. The number of unbranched alkanes of at least 4 members (excludes halogenated alkanes) is 12. The van der Waals surface area contributed by atoms with Crippen molar-refractivity contribution in [3.8, 4) is 11.5 Å². The van der Waals surface area contributed by atoms with Crippen LogP contribution >= 0.6 is 15.9 Å². The molecule has 0 radical (unpaired) electrons. The zero-order chi connectivity index (χ0) is 90.6. The van der Waals surface area contributed by atoms with E-state index in [2.05, 4.69) is 410 Å². The fourth-order valence-corrected chi connectivity index (χ4v) is 23.4. The number of ether oxygens (including phenoxy) is 2. The maximum atomic E-state index is 9.65. The second-order valence-electron chi connectivity index (χ2n) is 40.7. The van der Waals surface area contributed by atoms with Crippen LogP contribution in [-0.4, -0.2) is 95.0 Å². The molecule has 0 saturated carbocycles. The Morgan fingerprint density at radius 1 is 0.357 bits per heavy atom. The largest absolute Gasteiger partial charge is 0.494 e. The third-order valence-corrected chi connectivity index (χ3v) is 30.5. The molecule has 0 amide bonds. The minimum absolute atomic E-state index is 0.0269. The molecule has 2 N–H and O–H groups in total. The standard InChI is InChI=1S/C118H141BrN6O4/c1-83(53-69-105-113(2,3)95-47-31-33-49-97(95)122(105)73-35-16-20-39-77-126)54-70-106-114(4,5)96-48-32-34-50-98(96)123(106)74-37-18-22-41-80-129-90-64-56-87-60-68-102-112(94(87)82-90)118(12,13)108(72-62-88(119)61-71-107-117(10,11)110-92-46-30-28-44-85(92)59-67-101(110)124(107)75-36-17-21-40-78-127)125(102)76-38-19-23-42-79-128-89-63-55-86-58-66-100-111(93(86)81-89)116(8,9)104(121(100)15)52-26-24-25-51-103-115(6,7)109-91-45-29-27-43-84(91)57-65-99(109)120(103)14/h24-34,43-72,81-82,103,105,107,126-127H,16-23,35-42,73-80H2,1-15H3. The lowest BCUT2D eigenvalue weighted by Gasteiger charge is -2.32. The molecule has 6 heterocycles. The summed E-state index contributed by atoms with van der Waals surface area (Å²) in [5, 5.41) is 29.3. The van der Waals surface area contributed by atoms with Gasteiger partial charge >= 0.3 is 0 Å². The number of halogens is 1. The van der Waals surface area contributed by atoms with Crippen molar-refractivity contribution in [1.82, 2.24) is 0 Å². The Hall–Kier alpha value is -10.3. The highest BCUT2D eigenvalue weighted by Gasteiger charge is 2.48. The van der Waals surface area contributed by atoms with Gasteiger partial charge in [0.15, 0.2) is 0 Å². The van der Waals surface area contributed by atoms with E-state index in [-0.39, 0.29) is 63.8 Å². The molecule has 0 saturated heterocycles. The number of fused-ring (bicyclic) bond motifs is 14. The lowest BCUT2D eigenvalue weighted by molar-refractivity contribution is 0.282. The van der Waals surface area contributed by atoms with E-state index in [1.165, 1.54) is 133 Å². The Morgan fingerprint density at radius 3 is 1.41 bits per heavy atom. The second-order valence-corrected chi connectivity index (χ2v) is 41.6. The third kappa shape index (κ3) is 18.3. The van der Waals surface area contributed by atoms with Gasteiger partial charge in [0.05, 0.1) is 31.3 Å². The molecule has 16 rings (SSSR count). The zero-order valence-electron chi connectivity index (χ0n) is 79.8. The number of anilines is 6. The Bertz CT molecular complexity index is 6040. The molecule has 3 unspecified atom stereocenters. The summed E-state index contributed by atoms with van der Waals surface area (Å²) in [6.07, 6.45) is 47.0. The fraction of sp³-hybridized carbons (Fsp3) is 0.407. The van der Waals surface area contributed by atoms with E-state index < -0.39 is 0 Å². The van der Waals surface area contributed by atoms with Crippen LogP contribution < -0.4 is 38.9 Å². The molecule has 0 bridgehead atoms. The number of allylic oxidation sites excluding steroid dienone is 15. The average molecular weight is 1790 g/mol. The first-order chi connectivity index (χ1) is 62.2. The minimum Gasteiger partial charge on any atom is -0.494 e. The van der Waals surface area contributed by atoms with Crippen LogP contribution in [0.5, 0.6) is 11.5 Å². The van der Waals surface area contributed by atoms with Gasteiger partial charge in [-0.05, 0) is 226 Å². The molecule has 10 nitrogen and oxygen atoms in total. The van der Waals surface area contributed by atoms with Gasteiger partial charge in [0.25, 0.3) is 0 Å². The summed E-state index contributed by atoms with van der Waals surface area (Å²) >= 11 is 4.15. The number of nitrogens with zero attached hydrogens (tertiary/aromatic N) is 6. The predicted molar refractivity (Wildman–Crippen MR) is 555 cm³/mol. The van der Waals surface area contributed by atoms with Crippen LogP contribution in [0.1, 0.15) is 226 Å². The number of rotatable bonds is 37. The fourth-order valence-electron chi connectivity index (χ4n) is 23.1. The summed E-state index contributed by atoms with van der Waals surface area (Å²) in [7, 11) is 4.45. The molecular formula is C118H141BrN6O4. The van der Waals surface area contributed by atoms with Gasteiger partial charge in [-0.1, -0.05) is 326 Å². The van der Waals surface area contributed by atoms with Crippen molar-refractivity contribution >= 4 is 93.1 Å².